The normalized spacial score (nSPS) is 13.7. The number of allylic oxidation sites excluding steroid dienone is 6. The van der Waals surface area contributed by atoms with Crippen LogP contribution in [-0.2, 0) is 32.7 Å². The standard InChI is InChI=1S/C52H98NO8P/c1-6-8-10-12-14-16-18-20-22-23-24-25-26-27-28-29-31-33-35-37-39-41-43-45-52(55)61-50(49-60-62(56,57)59-47-46-53(3,4)5)48-58-51(54)44-42-40-38-36-34-32-30-21-19-17-15-13-11-9-7-2/h9,11,15,17,21,30,50H,6-8,10,12-14,16,18-20,22-29,31-49H2,1-5H3/b11-9+,17-15+,30-21+/t50-/m1/s1. The minimum Gasteiger partial charge on any atom is -0.756 e. The Morgan fingerprint density at radius 2 is 0.919 bits per heavy atom. The number of esters is 2. The van der Waals surface area contributed by atoms with Gasteiger partial charge in [-0.05, 0) is 44.9 Å². The summed E-state index contributed by atoms with van der Waals surface area (Å²) < 4.78 is 34.0. The molecule has 0 aromatic carbocycles. The topological polar surface area (TPSA) is 111 Å². The van der Waals surface area contributed by atoms with Gasteiger partial charge >= 0.3 is 11.9 Å². The summed E-state index contributed by atoms with van der Waals surface area (Å²) in [5.41, 5.74) is 0. The fourth-order valence-electron chi connectivity index (χ4n) is 7.20. The molecule has 0 amide bonds. The average molecular weight is 896 g/mol. The van der Waals surface area contributed by atoms with E-state index in [2.05, 4.69) is 50.3 Å². The van der Waals surface area contributed by atoms with Gasteiger partial charge in [-0.2, -0.15) is 0 Å². The predicted molar refractivity (Wildman–Crippen MR) is 259 cm³/mol. The molecule has 0 aliphatic rings. The molecule has 9 nitrogen and oxygen atoms in total. The molecule has 2 atom stereocenters. The van der Waals surface area contributed by atoms with Crippen molar-refractivity contribution in [2.45, 2.75) is 238 Å². The van der Waals surface area contributed by atoms with Gasteiger partial charge < -0.3 is 27.9 Å². The Morgan fingerprint density at radius 1 is 0.516 bits per heavy atom. The minimum atomic E-state index is -4.63. The van der Waals surface area contributed by atoms with E-state index in [0.717, 1.165) is 64.2 Å². The molecule has 0 aromatic heterocycles. The molecule has 0 saturated heterocycles. The first-order valence-electron chi connectivity index (χ1n) is 25.7. The van der Waals surface area contributed by atoms with Crippen LogP contribution >= 0.6 is 7.82 Å². The lowest BCUT2D eigenvalue weighted by atomic mass is 10.0. The zero-order chi connectivity index (χ0) is 45.7. The van der Waals surface area contributed by atoms with E-state index in [9.17, 15) is 19.0 Å². The van der Waals surface area contributed by atoms with Crippen molar-refractivity contribution in [2.75, 3.05) is 47.5 Å². The zero-order valence-corrected chi connectivity index (χ0v) is 42.0. The highest BCUT2D eigenvalue weighted by atomic mass is 31.2. The van der Waals surface area contributed by atoms with E-state index in [4.69, 9.17) is 18.5 Å². The fourth-order valence-corrected chi connectivity index (χ4v) is 7.93. The van der Waals surface area contributed by atoms with E-state index in [1.54, 1.807) is 0 Å². The average Bonchev–Trinajstić information content (AvgIpc) is 3.23. The van der Waals surface area contributed by atoms with E-state index >= 15 is 0 Å². The van der Waals surface area contributed by atoms with Gasteiger partial charge in [0.15, 0.2) is 6.10 Å². The van der Waals surface area contributed by atoms with Crippen molar-refractivity contribution in [2.24, 2.45) is 0 Å². The van der Waals surface area contributed by atoms with Gasteiger partial charge in [0.05, 0.1) is 27.7 Å². The van der Waals surface area contributed by atoms with Crippen LogP contribution in [-0.4, -0.2) is 70.0 Å². The number of phosphoric acid groups is 1. The van der Waals surface area contributed by atoms with Crippen LogP contribution in [0, 0.1) is 0 Å². The Morgan fingerprint density at radius 3 is 1.37 bits per heavy atom. The third kappa shape index (κ3) is 47.7. The summed E-state index contributed by atoms with van der Waals surface area (Å²) in [5, 5.41) is 0. The molecule has 1 unspecified atom stereocenters. The number of likely N-dealkylation sites (N-methyl/N-ethyl adjacent to an activating group) is 1. The Labute approximate surface area is 382 Å². The Kier molecular flexibility index (Phi) is 43.2. The van der Waals surface area contributed by atoms with E-state index in [-0.39, 0.29) is 26.1 Å². The number of hydrogen-bond acceptors (Lipinski definition) is 8. The summed E-state index contributed by atoms with van der Waals surface area (Å²) in [4.78, 5) is 37.7. The quantitative estimate of drug-likeness (QED) is 0.0195. The maximum Gasteiger partial charge on any atom is 0.306 e. The van der Waals surface area contributed by atoms with Gasteiger partial charge in [0.2, 0.25) is 0 Å². The first kappa shape index (κ1) is 60.2. The molecule has 0 aliphatic heterocycles. The van der Waals surface area contributed by atoms with Crippen LogP contribution in [0.3, 0.4) is 0 Å². The number of nitrogens with zero attached hydrogens (tertiary/aromatic N) is 1. The zero-order valence-electron chi connectivity index (χ0n) is 41.1. The van der Waals surface area contributed by atoms with Gasteiger partial charge in [0.25, 0.3) is 7.82 Å². The molecule has 0 radical (unpaired) electrons. The number of carbonyl (C=O) groups is 2. The van der Waals surface area contributed by atoms with Crippen LogP contribution in [0.25, 0.3) is 0 Å². The van der Waals surface area contributed by atoms with Crippen molar-refractivity contribution >= 4 is 19.8 Å². The third-order valence-corrected chi connectivity index (χ3v) is 12.1. The van der Waals surface area contributed by atoms with Crippen molar-refractivity contribution in [3.05, 3.63) is 36.5 Å². The second kappa shape index (κ2) is 44.4. The highest BCUT2D eigenvalue weighted by Crippen LogP contribution is 2.38. The summed E-state index contributed by atoms with van der Waals surface area (Å²) in [7, 11) is 1.16. The van der Waals surface area contributed by atoms with Crippen LogP contribution in [0.15, 0.2) is 36.5 Å². The third-order valence-electron chi connectivity index (χ3n) is 11.2. The number of rotatable bonds is 47. The minimum absolute atomic E-state index is 0.0328. The van der Waals surface area contributed by atoms with E-state index in [1.165, 1.54) is 128 Å². The predicted octanol–water partition coefficient (Wildman–Crippen LogP) is 14.6. The molecule has 0 aromatic rings. The number of phosphoric ester groups is 1. The van der Waals surface area contributed by atoms with Gasteiger partial charge in [-0.25, -0.2) is 0 Å². The SMILES string of the molecule is CC/C=C/C/C=C/C/C=C/CCCCCCCC(=O)OC[C@H](COP(=O)([O-])OCC[N+](C)(C)C)OC(=O)CCCCCCCCCCCCCCCCCCCCCCCCC. The lowest BCUT2D eigenvalue weighted by Gasteiger charge is -2.28. The van der Waals surface area contributed by atoms with Crippen LogP contribution in [0.4, 0.5) is 0 Å². The Bertz CT molecular complexity index is 1150. The Hall–Kier alpha value is -1.77. The number of carbonyl (C=O) groups excluding carboxylic acids is 2. The molecule has 0 heterocycles. The smallest absolute Gasteiger partial charge is 0.306 e. The van der Waals surface area contributed by atoms with Crippen molar-refractivity contribution < 1.29 is 42.1 Å². The molecule has 364 valence electrons. The van der Waals surface area contributed by atoms with Gasteiger partial charge in [0.1, 0.15) is 19.8 Å². The van der Waals surface area contributed by atoms with Crippen molar-refractivity contribution in [3.63, 3.8) is 0 Å². The van der Waals surface area contributed by atoms with Crippen LogP contribution < -0.4 is 4.89 Å². The number of unbranched alkanes of at least 4 members (excludes halogenated alkanes) is 27. The molecule has 62 heavy (non-hydrogen) atoms. The van der Waals surface area contributed by atoms with Crippen LogP contribution in [0.1, 0.15) is 232 Å². The number of quaternary nitrogens is 1. The second-order valence-corrected chi connectivity index (χ2v) is 19.9. The van der Waals surface area contributed by atoms with Gasteiger partial charge in [-0.15, -0.1) is 0 Å². The highest BCUT2D eigenvalue weighted by molar-refractivity contribution is 7.45. The molecule has 0 rings (SSSR count). The maximum absolute atomic E-state index is 12.7. The molecular weight excluding hydrogens is 798 g/mol. The van der Waals surface area contributed by atoms with Crippen molar-refractivity contribution in [3.8, 4) is 0 Å². The van der Waals surface area contributed by atoms with Crippen molar-refractivity contribution in [1.29, 1.82) is 0 Å². The molecule has 0 bridgehead atoms. The molecule has 0 N–H and O–H groups in total. The molecule has 0 spiro atoms. The number of ether oxygens (including phenoxy) is 2. The van der Waals surface area contributed by atoms with E-state index in [0.29, 0.717) is 23.9 Å². The molecule has 10 heteroatoms. The summed E-state index contributed by atoms with van der Waals surface area (Å²) in [6, 6.07) is 0. The second-order valence-electron chi connectivity index (χ2n) is 18.5. The lowest BCUT2D eigenvalue weighted by molar-refractivity contribution is -0.870. The maximum atomic E-state index is 12.7. The molecule has 0 aliphatic carbocycles. The summed E-state index contributed by atoms with van der Waals surface area (Å²) >= 11 is 0. The first-order valence-corrected chi connectivity index (χ1v) is 27.2. The Balaban J connectivity index is 4.20. The fraction of sp³-hybridized carbons (Fsp3) is 0.846. The molecule has 0 fully saturated rings. The largest absolute Gasteiger partial charge is 0.756 e. The summed E-state index contributed by atoms with van der Waals surface area (Å²) in [6.07, 6.45) is 51.8. The molecular formula is C52H98NO8P. The molecule has 0 saturated carbocycles. The van der Waals surface area contributed by atoms with Crippen molar-refractivity contribution in [1.82, 2.24) is 0 Å². The lowest BCUT2D eigenvalue weighted by Crippen LogP contribution is -2.37. The van der Waals surface area contributed by atoms with Gasteiger partial charge in [0, 0.05) is 12.8 Å². The number of hydrogen-bond donors (Lipinski definition) is 0. The van der Waals surface area contributed by atoms with Crippen LogP contribution in [0.5, 0.6) is 0 Å². The summed E-state index contributed by atoms with van der Waals surface area (Å²) in [6.45, 7) is 4.13. The van der Waals surface area contributed by atoms with E-state index in [1.807, 2.05) is 21.1 Å². The van der Waals surface area contributed by atoms with E-state index < -0.39 is 32.5 Å². The van der Waals surface area contributed by atoms with Gasteiger partial charge in [-0.3, -0.25) is 14.2 Å². The highest BCUT2D eigenvalue weighted by Gasteiger charge is 2.21. The first-order chi connectivity index (χ1) is 30.0. The summed E-state index contributed by atoms with van der Waals surface area (Å²) in [5.74, 6) is -0.845. The van der Waals surface area contributed by atoms with Crippen LogP contribution in [0.2, 0.25) is 0 Å². The van der Waals surface area contributed by atoms with Gasteiger partial charge in [-0.1, -0.05) is 211 Å². The monoisotopic (exact) mass is 896 g/mol.